The molecule has 7 N–H and O–H groups in total. The van der Waals surface area contributed by atoms with E-state index in [0.717, 1.165) is 5.56 Å². The predicted octanol–water partition coefficient (Wildman–Crippen LogP) is -0.629. The maximum Gasteiger partial charge on any atom is 0.326 e. The Morgan fingerprint density at radius 1 is 1.12 bits per heavy atom. The number of rotatable bonds is 11. The Kier molecular flexibility index (Phi) is 9.20. The monoisotopic (exact) mass is 350 g/mol. The van der Waals surface area contributed by atoms with Gasteiger partial charge in [0, 0.05) is 0 Å². The Labute approximate surface area is 147 Å². The topological polar surface area (TPSA) is 148 Å². The van der Waals surface area contributed by atoms with Crippen molar-refractivity contribution in [2.45, 2.75) is 37.8 Å². The molecule has 1 aromatic carbocycles. The zero-order chi connectivity index (χ0) is 18.7. The van der Waals surface area contributed by atoms with E-state index in [4.69, 9.17) is 16.6 Å². The van der Waals surface area contributed by atoms with E-state index in [9.17, 15) is 14.4 Å². The molecule has 0 aliphatic carbocycles. The molecule has 8 nitrogen and oxygen atoms in total. The first-order valence-corrected chi connectivity index (χ1v) is 8.23. The SMILES string of the molecule is NCCCCC(NC(=O)CNC(=O)C(N)Cc1ccccc1)C(=O)O. The zero-order valence-corrected chi connectivity index (χ0v) is 14.1. The number of unbranched alkanes of at least 4 members (excludes halogenated alkanes) is 1. The molecule has 0 saturated carbocycles. The van der Waals surface area contributed by atoms with Gasteiger partial charge in [-0.2, -0.15) is 0 Å². The van der Waals surface area contributed by atoms with Crippen molar-refractivity contribution in [3.63, 3.8) is 0 Å². The minimum Gasteiger partial charge on any atom is -0.480 e. The summed E-state index contributed by atoms with van der Waals surface area (Å²) in [5.74, 6) is -2.15. The van der Waals surface area contributed by atoms with Gasteiger partial charge in [-0.25, -0.2) is 4.79 Å². The molecule has 0 radical (unpaired) electrons. The van der Waals surface area contributed by atoms with E-state index in [-0.39, 0.29) is 6.54 Å². The van der Waals surface area contributed by atoms with E-state index in [1.54, 1.807) is 0 Å². The third kappa shape index (κ3) is 8.27. The largest absolute Gasteiger partial charge is 0.480 e. The number of nitrogens with one attached hydrogen (secondary N) is 2. The van der Waals surface area contributed by atoms with Gasteiger partial charge >= 0.3 is 5.97 Å². The van der Waals surface area contributed by atoms with Gasteiger partial charge in [-0.05, 0) is 37.8 Å². The molecule has 0 aliphatic rings. The van der Waals surface area contributed by atoms with Gasteiger partial charge in [-0.1, -0.05) is 30.3 Å². The fourth-order valence-corrected chi connectivity index (χ4v) is 2.25. The van der Waals surface area contributed by atoms with E-state index in [2.05, 4.69) is 10.6 Å². The van der Waals surface area contributed by atoms with E-state index in [1.165, 1.54) is 0 Å². The number of carboxylic acid groups (broad SMARTS) is 1. The molecule has 2 amide bonds. The lowest BCUT2D eigenvalue weighted by molar-refractivity contribution is -0.142. The van der Waals surface area contributed by atoms with E-state index in [0.29, 0.717) is 32.2 Å². The van der Waals surface area contributed by atoms with Crippen molar-refractivity contribution in [3.8, 4) is 0 Å². The number of carbonyl (C=O) groups is 3. The number of hydrogen-bond acceptors (Lipinski definition) is 5. The smallest absolute Gasteiger partial charge is 0.326 e. The van der Waals surface area contributed by atoms with Crippen LogP contribution in [0.3, 0.4) is 0 Å². The summed E-state index contributed by atoms with van der Waals surface area (Å²) in [6.45, 7) is 0.150. The van der Waals surface area contributed by atoms with Crippen molar-refractivity contribution >= 4 is 17.8 Å². The van der Waals surface area contributed by atoms with Gasteiger partial charge < -0.3 is 27.2 Å². The second-order valence-corrected chi connectivity index (χ2v) is 5.76. The van der Waals surface area contributed by atoms with Crippen LogP contribution in [0.1, 0.15) is 24.8 Å². The Morgan fingerprint density at radius 3 is 2.40 bits per heavy atom. The molecule has 0 fully saturated rings. The number of amides is 2. The summed E-state index contributed by atoms with van der Waals surface area (Å²) in [5.41, 5.74) is 12.1. The van der Waals surface area contributed by atoms with Gasteiger partial charge in [0.05, 0.1) is 12.6 Å². The molecule has 1 rings (SSSR count). The van der Waals surface area contributed by atoms with E-state index in [1.807, 2.05) is 30.3 Å². The van der Waals surface area contributed by atoms with E-state index >= 15 is 0 Å². The van der Waals surface area contributed by atoms with Gasteiger partial charge in [0.25, 0.3) is 0 Å². The van der Waals surface area contributed by atoms with Gasteiger partial charge in [-0.15, -0.1) is 0 Å². The molecule has 25 heavy (non-hydrogen) atoms. The third-order valence-electron chi connectivity index (χ3n) is 3.64. The van der Waals surface area contributed by atoms with Crippen LogP contribution in [0.5, 0.6) is 0 Å². The second-order valence-electron chi connectivity index (χ2n) is 5.76. The molecule has 0 aromatic heterocycles. The van der Waals surface area contributed by atoms with Gasteiger partial charge in [0.1, 0.15) is 6.04 Å². The van der Waals surface area contributed by atoms with Gasteiger partial charge in [-0.3, -0.25) is 9.59 Å². The Bertz CT molecular complexity index is 565. The summed E-state index contributed by atoms with van der Waals surface area (Å²) < 4.78 is 0. The third-order valence-corrected chi connectivity index (χ3v) is 3.64. The molecule has 1 aromatic rings. The van der Waals surface area contributed by atoms with Crippen LogP contribution in [0.25, 0.3) is 0 Å². The molecular weight excluding hydrogens is 324 g/mol. The number of carbonyl (C=O) groups excluding carboxylic acids is 2. The molecule has 138 valence electrons. The molecule has 0 saturated heterocycles. The van der Waals surface area contributed by atoms with Crippen molar-refractivity contribution in [2.75, 3.05) is 13.1 Å². The quantitative estimate of drug-likeness (QED) is 0.336. The predicted molar refractivity (Wildman–Crippen MR) is 93.6 cm³/mol. The van der Waals surface area contributed by atoms with Crippen LogP contribution in [0.15, 0.2) is 30.3 Å². The number of nitrogens with two attached hydrogens (primary N) is 2. The average Bonchev–Trinajstić information content (AvgIpc) is 2.59. The molecule has 0 aliphatic heterocycles. The number of aliphatic carboxylic acids is 1. The zero-order valence-electron chi connectivity index (χ0n) is 14.1. The van der Waals surface area contributed by atoms with Crippen molar-refractivity contribution < 1.29 is 19.5 Å². The van der Waals surface area contributed by atoms with Gasteiger partial charge in [0.15, 0.2) is 0 Å². The first-order valence-electron chi connectivity index (χ1n) is 8.23. The van der Waals surface area contributed by atoms with E-state index < -0.39 is 29.9 Å². The minimum absolute atomic E-state index is 0.291. The fraction of sp³-hybridized carbons (Fsp3) is 0.471. The van der Waals surface area contributed by atoms with Crippen LogP contribution in [-0.2, 0) is 20.8 Å². The first kappa shape index (κ1) is 20.6. The van der Waals surface area contributed by atoms with Crippen LogP contribution in [0.2, 0.25) is 0 Å². The highest BCUT2D eigenvalue weighted by atomic mass is 16.4. The Hall–Kier alpha value is -2.45. The van der Waals surface area contributed by atoms with Crippen LogP contribution < -0.4 is 22.1 Å². The molecule has 2 unspecified atom stereocenters. The van der Waals surface area contributed by atoms with Crippen molar-refractivity contribution in [3.05, 3.63) is 35.9 Å². The number of hydrogen-bond donors (Lipinski definition) is 5. The number of carboxylic acids is 1. The van der Waals surface area contributed by atoms with Crippen LogP contribution in [0.4, 0.5) is 0 Å². The van der Waals surface area contributed by atoms with Crippen LogP contribution >= 0.6 is 0 Å². The fourth-order valence-electron chi connectivity index (χ4n) is 2.25. The summed E-state index contributed by atoms with van der Waals surface area (Å²) in [4.78, 5) is 34.9. The standard InChI is InChI=1S/C17H26N4O4/c18-9-5-4-8-14(17(24)25)21-15(22)11-20-16(23)13(19)10-12-6-2-1-3-7-12/h1-3,6-7,13-14H,4-5,8-11,18-19H2,(H,20,23)(H,21,22)(H,24,25). The van der Waals surface area contributed by atoms with Crippen LogP contribution in [-0.4, -0.2) is 48.1 Å². The molecule has 2 atom stereocenters. The lowest BCUT2D eigenvalue weighted by Gasteiger charge is -2.16. The summed E-state index contributed by atoms with van der Waals surface area (Å²) in [6, 6.07) is 7.51. The number of benzene rings is 1. The Morgan fingerprint density at radius 2 is 1.80 bits per heavy atom. The highest BCUT2D eigenvalue weighted by Crippen LogP contribution is 2.02. The highest BCUT2D eigenvalue weighted by molar-refractivity contribution is 5.89. The second kappa shape index (κ2) is 11.2. The molecular formula is C17H26N4O4. The lowest BCUT2D eigenvalue weighted by Crippen LogP contribution is -2.49. The van der Waals surface area contributed by atoms with Crippen molar-refractivity contribution in [1.82, 2.24) is 10.6 Å². The van der Waals surface area contributed by atoms with Crippen molar-refractivity contribution in [1.29, 1.82) is 0 Å². The lowest BCUT2D eigenvalue weighted by atomic mass is 10.1. The normalized spacial score (nSPS) is 12.9. The van der Waals surface area contributed by atoms with Gasteiger partial charge in [0.2, 0.25) is 11.8 Å². The first-order chi connectivity index (χ1) is 11.9. The summed E-state index contributed by atoms with van der Waals surface area (Å²) in [6.07, 6.45) is 1.93. The maximum absolute atomic E-state index is 11.9. The molecule has 0 heterocycles. The average molecular weight is 350 g/mol. The molecule has 0 bridgehead atoms. The highest BCUT2D eigenvalue weighted by Gasteiger charge is 2.20. The summed E-state index contributed by atoms with van der Waals surface area (Å²) in [7, 11) is 0. The molecule has 8 heteroatoms. The molecule has 0 spiro atoms. The summed E-state index contributed by atoms with van der Waals surface area (Å²) in [5, 5.41) is 13.9. The van der Waals surface area contributed by atoms with Crippen LogP contribution in [0, 0.1) is 0 Å². The maximum atomic E-state index is 11.9. The summed E-state index contributed by atoms with van der Waals surface area (Å²) >= 11 is 0. The van der Waals surface area contributed by atoms with Crippen molar-refractivity contribution in [2.24, 2.45) is 11.5 Å². The Balaban J connectivity index is 2.38. The minimum atomic E-state index is -1.11.